The maximum Gasteiger partial charge on any atom is 0.333 e. The zero-order valence-corrected chi connectivity index (χ0v) is 10.3. The molecule has 1 rings (SSSR count). The molecule has 0 amide bonds. The van der Waals surface area contributed by atoms with E-state index in [9.17, 15) is 9.59 Å². The highest BCUT2D eigenvalue weighted by Crippen LogP contribution is 2.02. The van der Waals surface area contributed by atoms with Gasteiger partial charge in [-0.25, -0.2) is 9.59 Å². The fraction of sp³-hybridized carbons (Fsp3) is 0.143. The Hall–Kier alpha value is -2.36. The zero-order valence-electron chi connectivity index (χ0n) is 10.3. The van der Waals surface area contributed by atoms with Crippen LogP contribution in [0.2, 0.25) is 0 Å². The molecule has 0 spiro atoms. The van der Waals surface area contributed by atoms with E-state index in [4.69, 9.17) is 9.84 Å². The van der Waals surface area contributed by atoms with Gasteiger partial charge in [0.2, 0.25) is 0 Å². The quantitative estimate of drug-likeness (QED) is 0.657. The maximum atomic E-state index is 11.0. The van der Waals surface area contributed by atoms with Gasteiger partial charge in [0.1, 0.15) is 6.61 Å². The number of carbonyl (C=O) groups excluding carboxylic acids is 1. The Morgan fingerprint density at radius 2 is 1.83 bits per heavy atom. The minimum Gasteiger partial charge on any atom is -0.478 e. The van der Waals surface area contributed by atoms with E-state index < -0.39 is 5.97 Å². The first-order chi connectivity index (χ1) is 8.47. The Labute approximate surface area is 106 Å². The summed E-state index contributed by atoms with van der Waals surface area (Å²) in [5.41, 5.74) is 1.41. The highest BCUT2D eigenvalue weighted by Gasteiger charge is 2.02. The predicted octanol–water partition coefficient (Wildman–Crippen LogP) is 2.56. The van der Waals surface area contributed by atoms with Gasteiger partial charge >= 0.3 is 11.9 Å². The smallest absolute Gasteiger partial charge is 0.333 e. The van der Waals surface area contributed by atoms with Crippen LogP contribution in [-0.4, -0.2) is 17.0 Å². The Morgan fingerprint density at radius 3 is 2.22 bits per heavy atom. The summed E-state index contributed by atoms with van der Waals surface area (Å²) in [6, 6.07) is 9.55. The lowest BCUT2D eigenvalue weighted by Crippen LogP contribution is -2.04. The van der Waals surface area contributed by atoms with E-state index in [1.165, 1.54) is 0 Å². The van der Waals surface area contributed by atoms with Crippen LogP contribution in [0.1, 0.15) is 12.5 Å². The summed E-state index contributed by atoms with van der Waals surface area (Å²) in [4.78, 5) is 20.2. The number of esters is 1. The van der Waals surface area contributed by atoms with Crippen molar-refractivity contribution in [2.45, 2.75) is 13.5 Å². The number of carbonyl (C=O) groups is 2. The second-order valence-corrected chi connectivity index (χ2v) is 3.38. The summed E-state index contributed by atoms with van der Waals surface area (Å²) >= 11 is 0. The van der Waals surface area contributed by atoms with Crippen LogP contribution in [0.3, 0.4) is 0 Å². The average molecular weight is 248 g/mol. The molecule has 1 N–H and O–H groups in total. The first kappa shape index (κ1) is 15.6. The van der Waals surface area contributed by atoms with Crippen molar-refractivity contribution in [1.29, 1.82) is 0 Å². The van der Waals surface area contributed by atoms with Crippen LogP contribution in [0.25, 0.3) is 0 Å². The highest BCUT2D eigenvalue weighted by atomic mass is 16.5. The Balaban J connectivity index is 0.000000494. The first-order valence-electron chi connectivity index (χ1n) is 5.19. The van der Waals surface area contributed by atoms with E-state index in [0.717, 1.165) is 11.6 Å². The molecule has 18 heavy (non-hydrogen) atoms. The fourth-order valence-corrected chi connectivity index (χ4v) is 0.846. The van der Waals surface area contributed by atoms with E-state index in [1.54, 1.807) is 6.92 Å². The Bertz CT molecular complexity index is 421. The lowest BCUT2D eigenvalue weighted by Gasteiger charge is -2.03. The number of rotatable bonds is 4. The molecule has 0 bridgehead atoms. The van der Waals surface area contributed by atoms with Gasteiger partial charge in [-0.1, -0.05) is 43.5 Å². The molecule has 0 saturated heterocycles. The van der Waals surface area contributed by atoms with Crippen LogP contribution in [-0.2, 0) is 20.9 Å². The second-order valence-electron chi connectivity index (χ2n) is 3.38. The van der Waals surface area contributed by atoms with Gasteiger partial charge < -0.3 is 9.84 Å². The van der Waals surface area contributed by atoms with Crippen molar-refractivity contribution in [2.24, 2.45) is 0 Å². The topological polar surface area (TPSA) is 63.6 Å². The van der Waals surface area contributed by atoms with Gasteiger partial charge in [-0.05, 0) is 12.5 Å². The maximum absolute atomic E-state index is 11.0. The van der Waals surface area contributed by atoms with Crippen molar-refractivity contribution in [3.8, 4) is 0 Å². The lowest BCUT2D eigenvalue weighted by molar-refractivity contribution is -0.140. The highest BCUT2D eigenvalue weighted by molar-refractivity contribution is 5.86. The van der Waals surface area contributed by atoms with E-state index in [-0.39, 0.29) is 5.97 Å². The van der Waals surface area contributed by atoms with Crippen LogP contribution in [0.15, 0.2) is 55.1 Å². The van der Waals surface area contributed by atoms with Crippen molar-refractivity contribution in [3.05, 3.63) is 60.7 Å². The second kappa shape index (κ2) is 8.75. The van der Waals surface area contributed by atoms with Gasteiger partial charge in [0.15, 0.2) is 0 Å². The van der Waals surface area contributed by atoms with Crippen molar-refractivity contribution in [3.63, 3.8) is 0 Å². The monoisotopic (exact) mass is 248 g/mol. The van der Waals surface area contributed by atoms with Crippen molar-refractivity contribution < 1.29 is 19.4 Å². The normalized spacial score (nSPS) is 8.50. The third-order valence-electron chi connectivity index (χ3n) is 1.74. The lowest BCUT2D eigenvalue weighted by atomic mass is 10.2. The minimum absolute atomic E-state index is 0.312. The molecule has 0 atom stereocenters. The van der Waals surface area contributed by atoms with E-state index >= 15 is 0 Å². The van der Waals surface area contributed by atoms with Gasteiger partial charge in [0.05, 0.1) is 0 Å². The van der Waals surface area contributed by atoms with Crippen molar-refractivity contribution in [2.75, 3.05) is 0 Å². The zero-order chi connectivity index (χ0) is 14.0. The van der Waals surface area contributed by atoms with Crippen LogP contribution in [0.4, 0.5) is 0 Å². The molecular formula is C14H16O4. The van der Waals surface area contributed by atoms with Gasteiger partial charge in [0.25, 0.3) is 0 Å². The molecule has 1 aromatic rings. The molecule has 4 nitrogen and oxygen atoms in total. The van der Waals surface area contributed by atoms with Gasteiger partial charge in [-0.15, -0.1) is 0 Å². The van der Waals surface area contributed by atoms with E-state index in [2.05, 4.69) is 13.2 Å². The summed E-state index contributed by atoms with van der Waals surface area (Å²) < 4.78 is 4.95. The van der Waals surface area contributed by atoms with E-state index in [1.807, 2.05) is 30.3 Å². The number of carboxylic acids is 1. The Morgan fingerprint density at radius 1 is 1.33 bits per heavy atom. The van der Waals surface area contributed by atoms with Crippen LogP contribution >= 0.6 is 0 Å². The number of aliphatic carboxylic acids is 1. The summed E-state index contributed by atoms with van der Waals surface area (Å²) in [5.74, 6) is -1.33. The average Bonchev–Trinajstić information content (AvgIpc) is 2.37. The number of hydrogen-bond donors (Lipinski definition) is 1. The molecule has 0 aliphatic rings. The van der Waals surface area contributed by atoms with Crippen molar-refractivity contribution in [1.82, 2.24) is 0 Å². The molecule has 4 heteroatoms. The molecule has 0 saturated carbocycles. The summed E-state index contributed by atoms with van der Waals surface area (Å²) in [6.45, 7) is 8.40. The Kier molecular flexibility index (Phi) is 7.61. The van der Waals surface area contributed by atoms with Crippen molar-refractivity contribution >= 4 is 11.9 Å². The standard InChI is InChI=1S/C11H12O2.C3H4O2/c1-9(2)11(12)13-8-10-6-4-3-5-7-10;1-2-3(4)5/h3-7H,1,8H2,2H3;2H,1H2,(H,4,5). The number of hydrogen-bond acceptors (Lipinski definition) is 3. The molecule has 0 heterocycles. The molecule has 0 aliphatic carbocycles. The molecule has 0 aromatic heterocycles. The number of benzene rings is 1. The molecule has 0 fully saturated rings. The van der Waals surface area contributed by atoms with Gasteiger partial charge in [-0.3, -0.25) is 0 Å². The first-order valence-corrected chi connectivity index (χ1v) is 5.19. The van der Waals surface area contributed by atoms with Gasteiger partial charge in [-0.2, -0.15) is 0 Å². The molecular weight excluding hydrogens is 232 g/mol. The molecule has 96 valence electrons. The molecule has 0 unspecified atom stereocenters. The molecule has 1 aromatic carbocycles. The SMILES string of the molecule is C=C(C)C(=O)OCc1ccccc1.C=CC(=O)O. The molecule has 0 radical (unpaired) electrons. The predicted molar refractivity (Wildman–Crippen MR) is 68.9 cm³/mol. The van der Waals surface area contributed by atoms with Crippen LogP contribution in [0.5, 0.6) is 0 Å². The third kappa shape index (κ3) is 7.87. The fourth-order valence-electron chi connectivity index (χ4n) is 0.846. The van der Waals surface area contributed by atoms with Crippen LogP contribution in [0, 0.1) is 0 Å². The van der Waals surface area contributed by atoms with Crippen LogP contribution < -0.4 is 0 Å². The largest absolute Gasteiger partial charge is 0.478 e. The number of carboxylic acid groups (broad SMARTS) is 1. The minimum atomic E-state index is -0.981. The third-order valence-corrected chi connectivity index (χ3v) is 1.74. The summed E-state index contributed by atoms with van der Waals surface area (Å²) in [5, 5.41) is 7.60. The summed E-state index contributed by atoms with van der Waals surface area (Å²) in [6.07, 6.45) is 0.833. The number of ether oxygens (including phenoxy) is 1. The summed E-state index contributed by atoms with van der Waals surface area (Å²) in [7, 11) is 0. The van der Waals surface area contributed by atoms with E-state index in [0.29, 0.717) is 12.2 Å². The molecule has 0 aliphatic heterocycles. The van der Waals surface area contributed by atoms with Gasteiger partial charge in [0, 0.05) is 11.6 Å².